The lowest BCUT2D eigenvalue weighted by molar-refractivity contribution is 0.491. The fourth-order valence-corrected chi connectivity index (χ4v) is 2.86. The summed E-state index contributed by atoms with van der Waals surface area (Å²) in [6.07, 6.45) is 0. The van der Waals surface area contributed by atoms with Crippen LogP contribution in [0.15, 0.2) is 30.3 Å². The molecule has 0 saturated carbocycles. The van der Waals surface area contributed by atoms with Gasteiger partial charge in [0.2, 0.25) is 0 Å². The van der Waals surface area contributed by atoms with Gasteiger partial charge in [0.15, 0.2) is 11.6 Å². The molecule has 19 heavy (non-hydrogen) atoms. The van der Waals surface area contributed by atoms with Crippen molar-refractivity contribution in [1.29, 1.82) is 0 Å². The molecule has 5 heteroatoms. The molecule has 0 heterocycles. The first-order valence-electron chi connectivity index (χ1n) is 5.45. The SMILES string of the molecule is Cc1cccc(C(Br)c2cc(F)c(F)cc2F)c1Cl. The van der Waals surface area contributed by atoms with Crippen molar-refractivity contribution in [1.82, 2.24) is 0 Å². The molecule has 0 saturated heterocycles. The van der Waals surface area contributed by atoms with E-state index in [4.69, 9.17) is 11.6 Å². The van der Waals surface area contributed by atoms with Gasteiger partial charge in [0.25, 0.3) is 0 Å². The van der Waals surface area contributed by atoms with Crippen LogP contribution in [0.3, 0.4) is 0 Å². The van der Waals surface area contributed by atoms with Crippen LogP contribution in [0.1, 0.15) is 21.5 Å². The Labute approximate surface area is 122 Å². The van der Waals surface area contributed by atoms with Crippen LogP contribution in [0.25, 0.3) is 0 Å². The summed E-state index contributed by atoms with van der Waals surface area (Å²) in [5.74, 6) is -3.13. The highest BCUT2D eigenvalue weighted by Crippen LogP contribution is 2.38. The molecular formula is C14H9BrClF3. The Kier molecular flexibility index (Phi) is 4.21. The average Bonchev–Trinajstić information content (AvgIpc) is 2.36. The van der Waals surface area contributed by atoms with Crippen molar-refractivity contribution in [3.05, 3.63) is 69.5 Å². The molecule has 2 rings (SSSR count). The van der Waals surface area contributed by atoms with Crippen molar-refractivity contribution in [3.63, 3.8) is 0 Å². The van der Waals surface area contributed by atoms with Gasteiger partial charge in [-0.15, -0.1) is 0 Å². The highest BCUT2D eigenvalue weighted by atomic mass is 79.9. The molecule has 0 N–H and O–H groups in total. The number of halogens is 5. The summed E-state index contributed by atoms with van der Waals surface area (Å²) in [6, 6.07) is 6.65. The Balaban J connectivity index is 2.53. The van der Waals surface area contributed by atoms with Crippen molar-refractivity contribution in [2.75, 3.05) is 0 Å². The first-order valence-corrected chi connectivity index (χ1v) is 6.74. The molecule has 0 aliphatic rings. The van der Waals surface area contributed by atoms with Gasteiger partial charge in [0.05, 0.1) is 4.83 Å². The summed E-state index contributed by atoms with van der Waals surface area (Å²) in [6.45, 7) is 1.81. The molecule has 1 atom stereocenters. The number of benzene rings is 2. The van der Waals surface area contributed by atoms with Crippen LogP contribution in [0.2, 0.25) is 5.02 Å². The number of rotatable bonds is 2. The van der Waals surface area contributed by atoms with E-state index in [9.17, 15) is 13.2 Å². The monoisotopic (exact) mass is 348 g/mol. The van der Waals surface area contributed by atoms with Gasteiger partial charge in [0, 0.05) is 16.7 Å². The summed E-state index contributed by atoms with van der Waals surface area (Å²) in [4.78, 5) is -0.644. The van der Waals surface area contributed by atoms with Crippen molar-refractivity contribution >= 4 is 27.5 Å². The maximum atomic E-state index is 13.7. The van der Waals surface area contributed by atoms with Crippen molar-refractivity contribution in [2.45, 2.75) is 11.8 Å². The van der Waals surface area contributed by atoms with Gasteiger partial charge in [0.1, 0.15) is 5.82 Å². The summed E-state index contributed by atoms with van der Waals surface area (Å²) >= 11 is 9.42. The Morgan fingerprint density at radius 3 is 2.32 bits per heavy atom. The summed E-state index contributed by atoms with van der Waals surface area (Å²) in [5.41, 5.74) is 1.43. The van der Waals surface area contributed by atoms with Gasteiger partial charge < -0.3 is 0 Å². The Hall–Kier alpha value is -1.00. The summed E-state index contributed by atoms with van der Waals surface area (Å²) in [5, 5.41) is 0.466. The summed E-state index contributed by atoms with van der Waals surface area (Å²) < 4.78 is 39.9. The van der Waals surface area contributed by atoms with Crippen LogP contribution in [0, 0.1) is 24.4 Å². The number of alkyl halides is 1. The van der Waals surface area contributed by atoms with Crippen molar-refractivity contribution in [2.24, 2.45) is 0 Å². The minimum absolute atomic E-state index is 0.00593. The molecule has 0 aliphatic heterocycles. The second kappa shape index (κ2) is 5.55. The molecular weight excluding hydrogens is 341 g/mol. The number of aryl methyl sites for hydroxylation is 1. The third-order valence-corrected chi connectivity index (χ3v) is 4.31. The Bertz CT molecular complexity index is 628. The van der Waals surface area contributed by atoms with E-state index in [0.717, 1.165) is 11.6 Å². The average molecular weight is 350 g/mol. The van der Waals surface area contributed by atoms with Crippen LogP contribution in [-0.2, 0) is 0 Å². The topological polar surface area (TPSA) is 0 Å². The molecule has 2 aromatic rings. The van der Waals surface area contributed by atoms with Crippen molar-refractivity contribution in [3.8, 4) is 0 Å². The predicted molar refractivity (Wildman–Crippen MR) is 73.3 cm³/mol. The van der Waals surface area contributed by atoms with E-state index in [0.29, 0.717) is 16.7 Å². The van der Waals surface area contributed by atoms with Gasteiger partial charge in [-0.3, -0.25) is 0 Å². The third kappa shape index (κ3) is 2.79. The zero-order chi connectivity index (χ0) is 14.2. The largest absolute Gasteiger partial charge is 0.207 e. The molecule has 2 aromatic carbocycles. The molecule has 0 amide bonds. The second-order valence-corrected chi connectivity index (χ2v) is 5.42. The van der Waals surface area contributed by atoms with Gasteiger partial charge >= 0.3 is 0 Å². The molecule has 0 bridgehead atoms. The van der Waals surface area contributed by atoms with Crippen LogP contribution >= 0.6 is 27.5 Å². The van der Waals surface area contributed by atoms with E-state index in [1.165, 1.54) is 0 Å². The molecule has 0 aliphatic carbocycles. The van der Waals surface area contributed by atoms with Gasteiger partial charge in [-0.1, -0.05) is 45.7 Å². The van der Waals surface area contributed by atoms with Crippen LogP contribution in [-0.4, -0.2) is 0 Å². The molecule has 1 unspecified atom stereocenters. The standard InChI is InChI=1S/C14H9BrClF3/c1-7-3-2-4-8(14(7)16)13(15)9-5-11(18)12(19)6-10(9)17/h2-6,13H,1H3. The van der Waals surface area contributed by atoms with E-state index in [-0.39, 0.29) is 5.56 Å². The minimum Gasteiger partial charge on any atom is -0.207 e. The van der Waals surface area contributed by atoms with Gasteiger partial charge in [-0.25, -0.2) is 13.2 Å². The van der Waals surface area contributed by atoms with E-state index >= 15 is 0 Å². The molecule has 100 valence electrons. The maximum Gasteiger partial charge on any atom is 0.161 e. The van der Waals surface area contributed by atoms with Gasteiger partial charge in [-0.05, 0) is 24.1 Å². The minimum atomic E-state index is -1.21. The zero-order valence-electron chi connectivity index (χ0n) is 9.85. The lowest BCUT2D eigenvalue weighted by Gasteiger charge is -2.15. The van der Waals surface area contributed by atoms with E-state index in [1.54, 1.807) is 12.1 Å². The lowest BCUT2D eigenvalue weighted by atomic mass is 10.0. The van der Waals surface area contributed by atoms with Crippen LogP contribution in [0.5, 0.6) is 0 Å². The highest BCUT2D eigenvalue weighted by molar-refractivity contribution is 9.09. The fraction of sp³-hybridized carbons (Fsp3) is 0.143. The van der Waals surface area contributed by atoms with Crippen LogP contribution < -0.4 is 0 Å². The molecule has 0 aromatic heterocycles. The second-order valence-electron chi connectivity index (χ2n) is 4.13. The maximum absolute atomic E-state index is 13.7. The van der Waals surface area contributed by atoms with Gasteiger partial charge in [-0.2, -0.15) is 0 Å². The van der Waals surface area contributed by atoms with Crippen molar-refractivity contribution < 1.29 is 13.2 Å². The third-order valence-electron chi connectivity index (χ3n) is 2.81. The van der Waals surface area contributed by atoms with E-state index < -0.39 is 22.3 Å². The Morgan fingerprint density at radius 2 is 1.63 bits per heavy atom. The highest BCUT2D eigenvalue weighted by Gasteiger charge is 2.20. The quantitative estimate of drug-likeness (QED) is 0.492. The molecule has 0 nitrogen and oxygen atoms in total. The van der Waals surface area contributed by atoms with E-state index in [1.807, 2.05) is 13.0 Å². The normalized spacial score (nSPS) is 12.5. The number of hydrogen-bond acceptors (Lipinski definition) is 0. The molecule has 0 fully saturated rings. The Morgan fingerprint density at radius 1 is 1.00 bits per heavy atom. The fourth-order valence-electron chi connectivity index (χ4n) is 1.77. The summed E-state index contributed by atoms with van der Waals surface area (Å²) in [7, 11) is 0. The number of hydrogen-bond donors (Lipinski definition) is 0. The smallest absolute Gasteiger partial charge is 0.161 e. The van der Waals surface area contributed by atoms with E-state index in [2.05, 4.69) is 15.9 Å². The molecule has 0 radical (unpaired) electrons. The predicted octanol–water partition coefficient (Wildman–Crippen LogP) is 5.55. The lowest BCUT2D eigenvalue weighted by Crippen LogP contribution is -2.01. The first-order chi connectivity index (χ1) is 8.91. The zero-order valence-corrected chi connectivity index (χ0v) is 12.2. The molecule has 0 spiro atoms. The first kappa shape index (κ1) is 14.4. The van der Waals surface area contributed by atoms with Crippen LogP contribution in [0.4, 0.5) is 13.2 Å².